The molecule has 5 rings (SSSR count). The number of nitrogens with one attached hydrogen (secondary N) is 1. The van der Waals surface area contributed by atoms with Crippen molar-refractivity contribution in [3.05, 3.63) is 66.1 Å². The lowest BCUT2D eigenvalue weighted by Crippen LogP contribution is -2.48. The number of aliphatic carboxylic acids is 1. The second-order valence-corrected chi connectivity index (χ2v) is 10.7. The Kier molecular flexibility index (Phi) is 8.24. The van der Waals surface area contributed by atoms with Crippen LogP contribution in [0.15, 0.2) is 59.0 Å². The van der Waals surface area contributed by atoms with Crippen LogP contribution in [0.2, 0.25) is 0 Å². The van der Waals surface area contributed by atoms with E-state index in [2.05, 4.69) is 15.2 Å². The van der Waals surface area contributed by atoms with E-state index in [1.807, 2.05) is 0 Å². The molecule has 222 valence electrons. The van der Waals surface area contributed by atoms with E-state index in [1.165, 1.54) is 12.1 Å². The Labute approximate surface area is 240 Å². The summed E-state index contributed by atoms with van der Waals surface area (Å²) in [5.74, 6) is -4.90. The van der Waals surface area contributed by atoms with Crippen LogP contribution < -0.4 is 10.2 Å². The molecule has 2 heterocycles. The number of halogens is 3. The molecule has 2 aromatic carbocycles. The Balaban J connectivity index is 1.20. The summed E-state index contributed by atoms with van der Waals surface area (Å²) >= 11 is 0. The van der Waals surface area contributed by atoms with Gasteiger partial charge in [0.2, 0.25) is 17.6 Å². The molecule has 2 amide bonds. The molecule has 1 aliphatic carbocycles. The maximum Gasteiger partial charge on any atom is 0.452 e. The van der Waals surface area contributed by atoms with Crippen molar-refractivity contribution >= 4 is 29.2 Å². The number of amides is 2. The average Bonchev–Trinajstić information content (AvgIpc) is 3.66. The maximum atomic E-state index is 13.6. The van der Waals surface area contributed by atoms with Gasteiger partial charge in [-0.1, -0.05) is 24.6 Å². The molecular weight excluding hydrogens is 553 g/mol. The molecular formula is C30H31F3N4O5. The summed E-state index contributed by atoms with van der Waals surface area (Å²) in [5.41, 5.74) is 0.629. The summed E-state index contributed by atoms with van der Waals surface area (Å²) in [5, 5.41) is 11.9. The van der Waals surface area contributed by atoms with Gasteiger partial charge in [-0.15, -0.1) is 0 Å². The van der Waals surface area contributed by atoms with Crippen molar-refractivity contribution in [3.63, 3.8) is 0 Å². The van der Waals surface area contributed by atoms with Gasteiger partial charge in [-0.2, -0.15) is 13.2 Å². The zero-order valence-corrected chi connectivity index (χ0v) is 22.9. The van der Waals surface area contributed by atoms with Crippen molar-refractivity contribution < 1.29 is 37.1 Å². The van der Waals surface area contributed by atoms with E-state index in [-0.39, 0.29) is 17.8 Å². The second-order valence-electron chi connectivity index (χ2n) is 10.7. The molecule has 0 unspecified atom stereocenters. The predicted molar refractivity (Wildman–Crippen MR) is 148 cm³/mol. The molecule has 1 saturated carbocycles. The standard InChI is InChI=1S/C30H31F3N4O5/c1-36(28(39)22-8-5-9-23(22)29(40)41)20-14-16-37(17-15-20)21-12-10-19(11-13-21)34-26(38)24-25(30(31,32)33)42-27(35-24)18-6-3-2-4-7-18/h2-4,6-7,10-13,20,22-23H,5,8-9,14-17H2,1H3,(H,34,38)(H,40,41)/t22-,23-/m1/s1. The predicted octanol–water partition coefficient (Wildman–Crippen LogP) is 5.54. The minimum absolute atomic E-state index is 0.00780. The number of carbonyl (C=O) groups is 3. The van der Waals surface area contributed by atoms with Gasteiger partial charge in [-0.05, 0) is 62.1 Å². The number of benzene rings is 2. The zero-order chi connectivity index (χ0) is 30.0. The van der Waals surface area contributed by atoms with E-state index < -0.39 is 41.3 Å². The number of piperidine rings is 1. The molecule has 42 heavy (non-hydrogen) atoms. The van der Waals surface area contributed by atoms with E-state index in [9.17, 15) is 32.7 Å². The Morgan fingerprint density at radius 1 is 0.976 bits per heavy atom. The number of hydrogen-bond donors (Lipinski definition) is 2. The molecule has 1 aliphatic heterocycles. The van der Waals surface area contributed by atoms with Crippen LogP contribution in [0, 0.1) is 11.8 Å². The lowest BCUT2D eigenvalue weighted by molar-refractivity contribution is -0.153. The van der Waals surface area contributed by atoms with Crippen LogP contribution in [-0.2, 0) is 15.8 Å². The zero-order valence-electron chi connectivity index (χ0n) is 22.9. The minimum Gasteiger partial charge on any atom is -0.481 e. The molecule has 2 N–H and O–H groups in total. The number of carboxylic acids is 1. The first kappa shape index (κ1) is 29.2. The molecule has 3 aromatic rings. The lowest BCUT2D eigenvalue weighted by Gasteiger charge is -2.39. The highest BCUT2D eigenvalue weighted by Gasteiger charge is 2.42. The monoisotopic (exact) mass is 584 g/mol. The molecule has 1 saturated heterocycles. The number of aromatic nitrogens is 1. The summed E-state index contributed by atoms with van der Waals surface area (Å²) < 4.78 is 45.8. The van der Waals surface area contributed by atoms with Gasteiger partial charge in [0.25, 0.3) is 5.91 Å². The maximum absolute atomic E-state index is 13.6. The summed E-state index contributed by atoms with van der Waals surface area (Å²) in [6.45, 7) is 1.33. The molecule has 0 spiro atoms. The van der Waals surface area contributed by atoms with Crippen LogP contribution in [0.3, 0.4) is 0 Å². The van der Waals surface area contributed by atoms with Gasteiger partial charge in [0, 0.05) is 43.1 Å². The summed E-state index contributed by atoms with van der Waals surface area (Å²) in [6, 6.07) is 14.8. The average molecular weight is 585 g/mol. The number of hydrogen-bond acceptors (Lipinski definition) is 6. The highest BCUT2D eigenvalue weighted by Crippen LogP contribution is 2.36. The highest BCUT2D eigenvalue weighted by atomic mass is 19.4. The van der Waals surface area contributed by atoms with E-state index >= 15 is 0 Å². The van der Waals surface area contributed by atoms with Gasteiger partial charge in [0.05, 0.1) is 11.8 Å². The molecule has 2 aliphatic rings. The van der Waals surface area contributed by atoms with Crippen LogP contribution >= 0.6 is 0 Å². The summed E-state index contributed by atoms with van der Waals surface area (Å²) in [4.78, 5) is 45.0. The molecule has 2 fully saturated rings. The van der Waals surface area contributed by atoms with Crippen molar-refractivity contribution in [3.8, 4) is 11.5 Å². The molecule has 0 radical (unpaired) electrons. The van der Waals surface area contributed by atoms with E-state index in [1.54, 1.807) is 54.4 Å². The topological polar surface area (TPSA) is 116 Å². The van der Waals surface area contributed by atoms with Gasteiger partial charge in [0.1, 0.15) is 0 Å². The first-order valence-corrected chi connectivity index (χ1v) is 13.8. The van der Waals surface area contributed by atoms with E-state index in [4.69, 9.17) is 4.42 Å². The molecule has 1 aromatic heterocycles. The fourth-order valence-corrected chi connectivity index (χ4v) is 5.82. The number of alkyl halides is 3. The normalized spacial score (nSPS) is 19.5. The Bertz CT molecular complexity index is 1430. The van der Waals surface area contributed by atoms with Crippen LogP contribution in [0.4, 0.5) is 24.5 Å². The Hall–Kier alpha value is -4.35. The van der Waals surface area contributed by atoms with E-state index in [0.29, 0.717) is 50.0 Å². The van der Waals surface area contributed by atoms with Gasteiger partial charge < -0.3 is 24.6 Å². The number of carboxylic acid groups (broad SMARTS) is 1. The van der Waals surface area contributed by atoms with Gasteiger partial charge in [0.15, 0.2) is 5.69 Å². The SMILES string of the molecule is CN(C(=O)[C@@H]1CCC[C@H]1C(=O)O)C1CCN(c2ccc(NC(=O)c3nc(-c4ccccc4)oc3C(F)(F)F)cc2)CC1. The van der Waals surface area contributed by atoms with Gasteiger partial charge in [-0.25, -0.2) is 4.98 Å². The van der Waals surface area contributed by atoms with Crippen molar-refractivity contribution in [1.29, 1.82) is 0 Å². The number of oxazole rings is 1. The fourth-order valence-electron chi connectivity index (χ4n) is 5.82. The molecule has 2 atom stereocenters. The second kappa shape index (κ2) is 11.9. The van der Waals surface area contributed by atoms with Crippen LogP contribution in [-0.4, -0.2) is 59.0 Å². The fraction of sp³-hybridized carbons (Fsp3) is 0.400. The smallest absolute Gasteiger partial charge is 0.452 e. The molecule has 0 bridgehead atoms. The van der Waals surface area contributed by atoms with Crippen molar-refractivity contribution in [2.75, 3.05) is 30.4 Å². The van der Waals surface area contributed by atoms with Crippen LogP contribution in [0.1, 0.15) is 48.4 Å². The quantitative estimate of drug-likeness (QED) is 0.375. The van der Waals surface area contributed by atoms with E-state index in [0.717, 1.165) is 12.1 Å². The van der Waals surface area contributed by atoms with Gasteiger partial charge in [-0.3, -0.25) is 14.4 Å². The van der Waals surface area contributed by atoms with Crippen molar-refractivity contribution in [1.82, 2.24) is 9.88 Å². The van der Waals surface area contributed by atoms with Crippen molar-refractivity contribution in [2.45, 2.75) is 44.3 Å². The van der Waals surface area contributed by atoms with Gasteiger partial charge >= 0.3 is 12.1 Å². The Morgan fingerprint density at radius 2 is 1.62 bits per heavy atom. The number of carbonyl (C=O) groups excluding carboxylic acids is 2. The largest absolute Gasteiger partial charge is 0.481 e. The van der Waals surface area contributed by atoms with Crippen LogP contribution in [0.5, 0.6) is 0 Å². The summed E-state index contributed by atoms with van der Waals surface area (Å²) in [7, 11) is 1.75. The lowest BCUT2D eigenvalue weighted by atomic mass is 9.93. The number of rotatable bonds is 7. The first-order valence-electron chi connectivity index (χ1n) is 13.8. The molecule has 9 nitrogen and oxygen atoms in total. The highest BCUT2D eigenvalue weighted by molar-refractivity contribution is 6.04. The third-order valence-electron chi connectivity index (χ3n) is 8.12. The number of anilines is 2. The third-order valence-corrected chi connectivity index (χ3v) is 8.12. The van der Waals surface area contributed by atoms with Crippen molar-refractivity contribution in [2.24, 2.45) is 11.8 Å². The van der Waals surface area contributed by atoms with Crippen LogP contribution in [0.25, 0.3) is 11.5 Å². The summed E-state index contributed by atoms with van der Waals surface area (Å²) in [6.07, 6.45) is -1.61. The minimum atomic E-state index is -4.91. The third kappa shape index (κ3) is 6.12. The molecule has 12 heteroatoms. The number of nitrogens with zero attached hydrogens (tertiary/aromatic N) is 3. The Morgan fingerprint density at radius 3 is 2.24 bits per heavy atom. The first-order chi connectivity index (χ1) is 20.0.